The molecule has 2 heteroatoms. The van der Waals surface area contributed by atoms with Crippen LogP contribution in [0.4, 0.5) is 17.1 Å². The summed E-state index contributed by atoms with van der Waals surface area (Å²) in [5, 5.41) is 5.45. The van der Waals surface area contributed by atoms with Crippen LogP contribution in [-0.4, -0.2) is 4.57 Å². The lowest BCUT2D eigenvalue weighted by molar-refractivity contribution is 0.503. The molecular weight excluding hydrogens is 605 g/mol. The lowest BCUT2D eigenvalue weighted by Gasteiger charge is -2.33. The second-order valence-electron chi connectivity index (χ2n) is 13.6. The van der Waals surface area contributed by atoms with Gasteiger partial charge in [-0.15, -0.1) is 0 Å². The standard InChI is InChI=1S/C48H36N2/c1-3-13-33(14-4-1)34-23-26-37(27-24-34)49(36-16-5-2-6-17-36)38-28-30-39(31-29-38)50-45-22-12-11-21-44(45)47-42-20-10-9-19-41(42)43-32-25-35-15-7-8-18-40(35)46(43)48(47)50/h1-24,26-31,35,40H,25,32H2. The van der Waals surface area contributed by atoms with E-state index < -0.39 is 0 Å². The monoisotopic (exact) mass is 640 g/mol. The number of anilines is 3. The molecular formula is C48H36N2. The number of allylic oxidation sites excluding steroid dienone is 4. The Morgan fingerprint density at radius 1 is 0.500 bits per heavy atom. The van der Waals surface area contributed by atoms with Crippen molar-refractivity contribution in [2.45, 2.75) is 18.8 Å². The van der Waals surface area contributed by atoms with Crippen LogP contribution in [0.3, 0.4) is 0 Å². The van der Waals surface area contributed by atoms with E-state index in [0.29, 0.717) is 11.8 Å². The first-order valence-corrected chi connectivity index (χ1v) is 17.8. The van der Waals surface area contributed by atoms with Gasteiger partial charge < -0.3 is 9.47 Å². The molecule has 10 rings (SSSR count). The minimum Gasteiger partial charge on any atom is -0.311 e. The van der Waals surface area contributed by atoms with Gasteiger partial charge in [0, 0.05) is 39.4 Å². The molecule has 0 radical (unpaired) electrons. The average Bonchev–Trinajstić information content (AvgIpc) is 3.54. The van der Waals surface area contributed by atoms with E-state index in [0.717, 1.165) is 23.5 Å². The highest BCUT2D eigenvalue weighted by atomic mass is 15.1. The quantitative estimate of drug-likeness (QED) is 0.182. The van der Waals surface area contributed by atoms with Gasteiger partial charge in [0.1, 0.15) is 0 Å². The zero-order chi connectivity index (χ0) is 33.0. The van der Waals surface area contributed by atoms with Crippen molar-refractivity contribution in [3.05, 3.63) is 193 Å². The van der Waals surface area contributed by atoms with Crippen molar-refractivity contribution < 1.29 is 0 Å². The molecule has 2 aliphatic rings. The highest BCUT2D eigenvalue weighted by molar-refractivity contribution is 6.23. The third-order valence-corrected chi connectivity index (χ3v) is 10.9. The summed E-state index contributed by atoms with van der Waals surface area (Å²) in [6.45, 7) is 0. The number of aromatic nitrogens is 1. The number of para-hydroxylation sites is 2. The van der Waals surface area contributed by atoms with Gasteiger partial charge >= 0.3 is 0 Å². The molecule has 8 aromatic rings. The van der Waals surface area contributed by atoms with E-state index in [2.05, 4.69) is 191 Å². The van der Waals surface area contributed by atoms with E-state index in [1.165, 1.54) is 66.9 Å². The first kappa shape index (κ1) is 28.9. The van der Waals surface area contributed by atoms with Gasteiger partial charge in [-0.05, 0) is 106 Å². The van der Waals surface area contributed by atoms with Crippen LogP contribution in [0.5, 0.6) is 0 Å². The predicted octanol–water partition coefficient (Wildman–Crippen LogP) is 12.8. The molecule has 238 valence electrons. The van der Waals surface area contributed by atoms with Crippen molar-refractivity contribution in [1.29, 1.82) is 0 Å². The van der Waals surface area contributed by atoms with Gasteiger partial charge in [0.15, 0.2) is 0 Å². The van der Waals surface area contributed by atoms with E-state index in [-0.39, 0.29) is 0 Å². The van der Waals surface area contributed by atoms with Crippen molar-refractivity contribution in [3.8, 4) is 16.8 Å². The van der Waals surface area contributed by atoms with Crippen molar-refractivity contribution >= 4 is 49.6 Å². The fraction of sp³-hybridized carbons (Fsp3) is 0.0833. The highest BCUT2D eigenvalue weighted by Crippen LogP contribution is 2.50. The van der Waals surface area contributed by atoms with Gasteiger partial charge in [-0.25, -0.2) is 0 Å². The Morgan fingerprint density at radius 2 is 1.08 bits per heavy atom. The molecule has 0 aliphatic heterocycles. The van der Waals surface area contributed by atoms with Gasteiger partial charge in [-0.2, -0.15) is 0 Å². The van der Waals surface area contributed by atoms with Crippen LogP contribution in [0.15, 0.2) is 182 Å². The Labute approximate surface area is 292 Å². The Kier molecular flexibility index (Phi) is 6.80. The number of fused-ring (bicyclic) bond motifs is 10. The fourth-order valence-electron chi connectivity index (χ4n) is 8.68. The third-order valence-electron chi connectivity index (χ3n) is 10.9. The lowest BCUT2D eigenvalue weighted by Crippen LogP contribution is -2.20. The lowest BCUT2D eigenvalue weighted by atomic mass is 9.71. The maximum absolute atomic E-state index is 2.55. The molecule has 0 N–H and O–H groups in total. The molecule has 2 nitrogen and oxygen atoms in total. The Hall–Kier alpha value is -6.12. The molecule has 0 amide bonds. The summed E-state index contributed by atoms with van der Waals surface area (Å²) < 4.78 is 2.55. The Bertz CT molecular complexity index is 2570. The SMILES string of the molecule is C1=CC2CCc3c(c4c(c5ccccc35)c3ccccc3n4-c3ccc(N(c4ccccc4)c4ccc(-c5ccccc5)cc4)cc3)C2C=C1. The smallest absolute Gasteiger partial charge is 0.0588 e. The number of nitrogens with zero attached hydrogens (tertiary/aromatic N) is 2. The summed E-state index contributed by atoms with van der Waals surface area (Å²) >= 11 is 0. The molecule has 0 bridgehead atoms. The highest BCUT2D eigenvalue weighted by Gasteiger charge is 2.33. The minimum absolute atomic E-state index is 0.366. The minimum atomic E-state index is 0.366. The molecule has 0 fully saturated rings. The number of rotatable bonds is 5. The van der Waals surface area contributed by atoms with Crippen molar-refractivity contribution in [2.24, 2.45) is 5.92 Å². The fourth-order valence-corrected chi connectivity index (χ4v) is 8.68. The molecule has 0 saturated heterocycles. The second-order valence-corrected chi connectivity index (χ2v) is 13.6. The predicted molar refractivity (Wildman–Crippen MR) is 211 cm³/mol. The molecule has 1 aromatic heterocycles. The van der Waals surface area contributed by atoms with Crippen LogP contribution in [0, 0.1) is 5.92 Å². The van der Waals surface area contributed by atoms with Gasteiger partial charge in [0.25, 0.3) is 0 Å². The van der Waals surface area contributed by atoms with Crippen molar-refractivity contribution in [2.75, 3.05) is 4.90 Å². The van der Waals surface area contributed by atoms with Crippen LogP contribution in [0.25, 0.3) is 49.4 Å². The number of aryl methyl sites for hydroxylation is 1. The molecule has 7 aromatic carbocycles. The van der Waals surface area contributed by atoms with Crippen LogP contribution in [-0.2, 0) is 6.42 Å². The molecule has 50 heavy (non-hydrogen) atoms. The van der Waals surface area contributed by atoms with E-state index in [9.17, 15) is 0 Å². The zero-order valence-electron chi connectivity index (χ0n) is 27.8. The molecule has 2 unspecified atom stereocenters. The van der Waals surface area contributed by atoms with E-state index >= 15 is 0 Å². The number of hydrogen-bond acceptors (Lipinski definition) is 1. The van der Waals surface area contributed by atoms with Crippen molar-refractivity contribution in [3.63, 3.8) is 0 Å². The number of benzene rings is 7. The summed E-state index contributed by atoms with van der Waals surface area (Å²) in [5.41, 5.74) is 12.6. The number of hydrogen-bond donors (Lipinski definition) is 0. The van der Waals surface area contributed by atoms with Crippen LogP contribution in [0.1, 0.15) is 23.5 Å². The summed E-state index contributed by atoms with van der Waals surface area (Å²) in [6, 6.07) is 57.5. The van der Waals surface area contributed by atoms with Gasteiger partial charge in [-0.1, -0.05) is 127 Å². The maximum Gasteiger partial charge on any atom is 0.0588 e. The van der Waals surface area contributed by atoms with E-state index in [1.807, 2.05) is 0 Å². The normalized spacial score (nSPS) is 16.5. The Balaban J connectivity index is 1.16. The van der Waals surface area contributed by atoms with Gasteiger partial charge in [0.2, 0.25) is 0 Å². The van der Waals surface area contributed by atoms with Crippen molar-refractivity contribution in [1.82, 2.24) is 4.57 Å². The molecule has 2 aliphatic carbocycles. The van der Waals surface area contributed by atoms with Crippen LogP contribution in [0.2, 0.25) is 0 Å². The van der Waals surface area contributed by atoms with E-state index in [4.69, 9.17) is 0 Å². The second kappa shape index (κ2) is 11.8. The topological polar surface area (TPSA) is 8.17 Å². The summed E-state index contributed by atoms with van der Waals surface area (Å²) in [7, 11) is 0. The summed E-state index contributed by atoms with van der Waals surface area (Å²) in [4.78, 5) is 2.35. The first-order valence-electron chi connectivity index (χ1n) is 17.8. The third kappa shape index (κ3) is 4.56. The summed E-state index contributed by atoms with van der Waals surface area (Å²) in [5.74, 6) is 0.893. The molecule has 0 spiro atoms. The van der Waals surface area contributed by atoms with Crippen LogP contribution >= 0.6 is 0 Å². The van der Waals surface area contributed by atoms with Gasteiger partial charge in [-0.3, -0.25) is 0 Å². The van der Waals surface area contributed by atoms with E-state index in [1.54, 1.807) is 0 Å². The largest absolute Gasteiger partial charge is 0.311 e. The molecule has 2 atom stereocenters. The average molecular weight is 641 g/mol. The molecule has 0 saturated carbocycles. The molecule has 1 heterocycles. The van der Waals surface area contributed by atoms with Crippen LogP contribution < -0.4 is 4.90 Å². The maximum atomic E-state index is 2.55. The first-order chi connectivity index (χ1) is 24.8. The summed E-state index contributed by atoms with van der Waals surface area (Å²) in [6.07, 6.45) is 11.7. The zero-order valence-corrected chi connectivity index (χ0v) is 27.8. The Morgan fingerprint density at radius 3 is 1.84 bits per heavy atom. The van der Waals surface area contributed by atoms with Gasteiger partial charge in [0.05, 0.1) is 11.0 Å².